The Balaban J connectivity index is 2.13. The first kappa shape index (κ1) is 20.6. The maximum absolute atomic E-state index is 9.88. The third-order valence-electron chi connectivity index (χ3n) is 5.03. The summed E-state index contributed by atoms with van der Waals surface area (Å²) in [6, 6.07) is 18.0. The number of benzene rings is 2. The summed E-state index contributed by atoms with van der Waals surface area (Å²) in [4.78, 5) is 4.25. The quantitative estimate of drug-likeness (QED) is 0.261. The average Bonchev–Trinajstić information content (AvgIpc) is 2.66. The van der Waals surface area contributed by atoms with Gasteiger partial charge in [0.1, 0.15) is 0 Å². The molecule has 1 aromatic heterocycles. The summed E-state index contributed by atoms with van der Waals surface area (Å²) in [7, 11) is 0. The van der Waals surface area contributed by atoms with Crippen molar-refractivity contribution in [2.45, 2.75) is 26.7 Å². The Hall–Kier alpha value is -2.17. The number of halogens is 2. The second-order valence-electron chi connectivity index (χ2n) is 6.99. The molecule has 2 aromatic carbocycles. The number of aryl methyl sites for hydroxylation is 2. The highest BCUT2D eigenvalue weighted by atomic mass is 79.9. The van der Waals surface area contributed by atoms with Gasteiger partial charge in [0, 0.05) is 38.8 Å². The minimum absolute atomic E-state index is 0.00439. The van der Waals surface area contributed by atoms with Crippen LogP contribution in [0.3, 0.4) is 0 Å². The predicted octanol–water partition coefficient (Wildman–Crippen LogP) is 6.76. The SMILES string of the molecule is Cc1cc(C(=NO)C(C)[C@H](c2ccc(Br)cc2)c2ccc(Cl)cc2C)ccn1. The van der Waals surface area contributed by atoms with E-state index in [1.807, 2.05) is 43.3 Å². The number of nitrogens with zero attached hydrogens (tertiary/aromatic N) is 2. The van der Waals surface area contributed by atoms with Crippen molar-refractivity contribution >= 4 is 33.2 Å². The number of hydrogen-bond donors (Lipinski definition) is 1. The molecule has 0 aliphatic carbocycles. The Labute approximate surface area is 179 Å². The highest BCUT2D eigenvalue weighted by molar-refractivity contribution is 9.10. The lowest BCUT2D eigenvalue weighted by Crippen LogP contribution is -2.23. The smallest absolute Gasteiger partial charge is 0.0906 e. The van der Waals surface area contributed by atoms with Gasteiger partial charge in [-0.2, -0.15) is 0 Å². The second kappa shape index (κ2) is 8.89. The van der Waals surface area contributed by atoms with E-state index in [0.717, 1.165) is 32.4 Å². The van der Waals surface area contributed by atoms with Gasteiger partial charge in [0.25, 0.3) is 0 Å². The first-order valence-electron chi connectivity index (χ1n) is 9.07. The standard InChI is InChI=1S/C23H22BrClN2O/c1-14-12-20(25)8-9-21(14)22(17-4-6-19(24)7-5-17)16(3)23(27-28)18-10-11-26-15(2)13-18/h4-13,16,22,28H,1-3H3/t16?,22-/m1/s1. The van der Waals surface area contributed by atoms with Crippen LogP contribution in [0.15, 0.2) is 70.4 Å². The first-order chi connectivity index (χ1) is 13.4. The summed E-state index contributed by atoms with van der Waals surface area (Å²) in [5.74, 6) is -0.0717. The Morgan fingerprint density at radius 1 is 1.07 bits per heavy atom. The number of aromatic nitrogens is 1. The Kier molecular flexibility index (Phi) is 6.53. The first-order valence-corrected chi connectivity index (χ1v) is 10.2. The fourth-order valence-electron chi connectivity index (χ4n) is 3.67. The molecule has 3 aromatic rings. The molecule has 0 aliphatic rings. The van der Waals surface area contributed by atoms with Gasteiger partial charge in [0.2, 0.25) is 0 Å². The zero-order chi connectivity index (χ0) is 20.3. The van der Waals surface area contributed by atoms with Crippen LogP contribution in [0.25, 0.3) is 0 Å². The molecule has 1 heterocycles. The molecule has 0 fully saturated rings. The fourth-order valence-corrected chi connectivity index (χ4v) is 4.16. The molecule has 144 valence electrons. The lowest BCUT2D eigenvalue weighted by atomic mass is 9.76. The van der Waals surface area contributed by atoms with Gasteiger partial charge in [-0.05, 0) is 66.9 Å². The lowest BCUT2D eigenvalue weighted by molar-refractivity contribution is 0.315. The number of pyridine rings is 1. The van der Waals surface area contributed by atoms with Crippen LogP contribution in [0.4, 0.5) is 0 Å². The van der Waals surface area contributed by atoms with Crippen LogP contribution in [-0.2, 0) is 0 Å². The van der Waals surface area contributed by atoms with Crippen LogP contribution in [0.5, 0.6) is 0 Å². The van der Waals surface area contributed by atoms with E-state index >= 15 is 0 Å². The largest absolute Gasteiger partial charge is 0.411 e. The maximum atomic E-state index is 9.88. The summed E-state index contributed by atoms with van der Waals surface area (Å²) < 4.78 is 1.02. The Morgan fingerprint density at radius 3 is 2.39 bits per heavy atom. The van der Waals surface area contributed by atoms with Crippen molar-refractivity contribution in [1.82, 2.24) is 4.98 Å². The second-order valence-corrected chi connectivity index (χ2v) is 8.34. The Bertz CT molecular complexity index is 1000. The number of rotatable bonds is 5. The molecule has 28 heavy (non-hydrogen) atoms. The molecule has 1 N–H and O–H groups in total. The number of oxime groups is 1. The molecule has 5 heteroatoms. The molecular formula is C23H22BrClN2O. The van der Waals surface area contributed by atoms with E-state index in [1.54, 1.807) is 6.20 Å². The molecule has 0 amide bonds. The molecule has 0 aliphatic heterocycles. The number of hydrogen-bond acceptors (Lipinski definition) is 3. The summed E-state index contributed by atoms with van der Waals surface area (Å²) in [5.41, 5.74) is 5.80. The molecule has 3 rings (SSSR count). The van der Waals surface area contributed by atoms with Crippen LogP contribution in [-0.4, -0.2) is 15.9 Å². The zero-order valence-corrected chi connectivity index (χ0v) is 18.4. The molecule has 0 radical (unpaired) electrons. The van der Waals surface area contributed by atoms with Gasteiger partial charge in [0.05, 0.1) is 5.71 Å². The Morgan fingerprint density at radius 2 is 1.79 bits per heavy atom. The molecule has 1 unspecified atom stereocenters. The van der Waals surface area contributed by atoms with E-state index < -0.39 is 0 Å². The minimum Gasteiger partial charge on any atom is -0.411 e. The van der Waals surface area contributed by atoms with Crippen molar-refractivity contribution in [2.75, 3.05) is 0 Å². The van der Waals surface area contributed by atoms with Crippen molar-refractivity contribution in [1.29, 1.82) is 0 Å². The van der Waals surface area contributed by atoms with E-state index in [2.05, 4.69) is 58.1 Å². The van der Waals surface area contributed by atoms with E-state index in [0.29, 0.717) is 10.7 Å². The third kappa shape index (κ3) is 4.45. The summed E-state index contributed by atoms with van der Waals surface area (Å²) in [6.07, 6.45) is 1.74. The summed E-state index contributed by atoms with van der Waals surface area (Å²) >= 11 is 9.71. The van der Waals surface area contributed by atoms with E-state index in [4.69, 9.17) is 11.6 Å². The molecule has 0 spiro atoms. The van der Waals surface area contributed by atoms with Crippen LogP contribution in [0, 0.1) is 19.8 Å². The van der Waals surface area contributed by atoms with Crippen LogP contribution in [0.2, 0.25) is 5.02 Å². The van der Waals surface area contributed by atoms with Crippen molar-refractivity contribution in [2.24, 2.45) is 11.1 Å². The van der Waals surface area contributed by atoms with Gasteiger partial charge in [0.15, 0.2) is 0 Å². The maximum Gasteiger partial charge on any atom is 0.0906 e. The van der Waals surface area contributed by atoms with Gasteiger partial charge in [-0.1, -0.05) is 57.8 Å². The predicted molar refractivity (Wildman–Crippen MR) is 119 cm³/mol. The lowest BCUT2D eigenvalue weighted by Gasteiger charge is -2.27. The van der Waals surface area contributed by atoms with Gasteiger partial charge >= 0.3 is 0 Å². The van der Waals surface area contributed by atoms with Crippen molar-refractivity contribution in [3.05, 3.63) is 98.2 Å². The van der Waals surface area contributed by atoms with Crippen LogP contribution in [0.1, 0.15) is 40.8 Å². The molecule has 0 saturated heterocycles. The highest BCUT2D eigenvalue weighted by Crippen LogP contribution is 2.37. The fraction of sp³-hybridized carbons (Fsp3) is 0.217. The zero-order valence-electron chi connectivity index (χ0n) is 16.0. The van der Waals surface area contributed by atoms with Gasteiger partial charge < -0.3 is 5.21 Å². The summed E-state index contributed by atoms with van der Waals surface area (Å²) in [6.45, 7) is 6.08. The molecule has 0 saturated carbocycles. The van der Waals surface area contributed by atoms with Crippen molar-refractivity contribution in [3.8, 4) is 0 Å². The molecule has 3 nitrogen and oxygen atoms in total. The third-order valence-corrected chi connectivity index (χ3v) is 5.79. The van der Waals surface area contributed by atoms with Crippen molar-refractivity contribution < 1.29 is 5.21 Å². The summed E-state index contributed by atoms with van der Waals surface area (Å²) in [5, 5.41) is 14.3. The minimum atomic E-state index is -0.0761. The van der Waals surface area contributed by atoms with Gasteiger partial charge in [-0.25, -0.2) is 0 Å². The monoisotopic (exact) mass is 456 g/mol. The van der Waals surface area contributed by atoms with Gasteiger partial charge in [-0.3, -0.25) is 4.98 Å². The molecular weight excluding hydrogens is 436 g/mol. The molecule has 0 bridgehead atoms. The van der Waals surface area contributed by atoms with E-state index in [1.165, 1.54) is 0 Å². The topological polar surface area (TPSA) is 45.5 Å². The highest BCUT2D eigenvalue weighted by Gasteiger charge is 2.28. The van der Waals surface area contributed by atoms with E-state index in [9.17, 15) is 5.21 Å². The van der Waals surface area contributed by atoms with Gasteiger partial charge in [-0.15, -0.1) is 0 Å². The van der Waals surface area contributed by atoms with Crippen LogP contribution < -0.4 is 0 Å². The average molecular weight is 458 g/mol. The normalized spacial score (nSPS) is 14.0. The molecule has 2 atom stereocenters. The van der Waals surface area contributed by atoms with Crippen molar-refractivity contribution in [3.63, 3.8) is 0 Å². The van der Waals surface area contributed by atoms with E-state index in [-0.39, 0.29) is 11.8 Å². The van der Waals surface area contributed by atoms with Crippen LogP contribution >= 0.6 is 27.5 Å².